The lowest BCUT2D eigenvalue weighted by molar-refractivity contribution is -0.166. The van der Waals surface area contributed by atoms with Crippen molar-refractivity contribution in [2.75, 3.05) is 25.3 Å². The molecule has 5 rings (SSSR count). The van der Waals surface area contributed by atoms with Gasteiger partial charge in [0.25, 0.3) is 11.8 Å². The van der Waals surface area contributed by atoms with E-state index in [0.717, 1.165) is 16.2 Å². The molecule has 0 bridgehead atoms. The second kappa shape index (κ2) is 21.8. The van der Waals surface area contributed by atoms with E-state index in [1.807, 2.05) is 6.92 Å². The molecule has 19 nitrogen and oxygen atoms in total. The van der Waals surface area contributed by atoms with E-state index in [-0.39, 0.29) is 35.5 Å². The number of ether oxygens (including phenoxy) is 6. The van der Waals surface area contributed by atoms with Gasteiger partial charge in [-0.1, -0.05) is 42.8 Å². The summed E-state index contributed by atoms with van der Waals surface area (Å²) < 4.78 is 45.7. The molecule has 0 spiro atoms. The highest BCUT2D eigenvalue weighted by Gasteiger charge is 2.57. The third kappa shape index (κ3) is 12.9. The lowest BCUT2D eigenvalue weighted by Crippen LogP contribution is -2.74. The number of oxime groups is 1. The Bertz CT molecular complexity index is 2290. The number of β-lactam (4-membered cyclic amide) rings is 1. The van der Waals surface area contributed by atoms with Gasteiger partial charge in [0.2, 0.25) is 6.10 Å². The first-order valence-corrected chi connectivity index (χ1v) is 22.4. The minimum absolute atomic E-state index is 0.0219. The van der Waals surface area contributed by atoms with E-state index in [1.54, 1.807) is 83.1 Å². The van der Waals surface area contributed by atoms with Crippen LogP contribution in [0.25, 0.3) is 0 Å². The van der Waals surface area contributed by atoms with E-state index in [4.69, 9.17) is 33.3 Å². The average molecular weight is 926 g/mol. The molecule has 1 aromatic heterocycles. The molecule has 4 atom stereocenters. The Kier molecular flexibility index (Phi) is 16.6. The Labute approximate surface area is 376 Å². The van der Waals surface area contributed by atoms with Crippen molar-refractivity contribution in [3.8, 4) is 11.5 Å². The van der Waals surface area contributed by atoms with Gasteiger partial charge in [0.15, 0.2) is 10.8 Å². The van der Waals surface area contributed by atoms with Crippen molar-refractivity contribution in [2.24, 2.45) is 5.16 Å². The number of nitrogens with one attached hydrogen (secondary N) is 2. The third-order valence-corrected chi connectivity index (χ3v) is 11.5. The third-order valence-electron chi connectivity index (χ3n) is 9.13. The molecule has 344 valence electrons. The van der Waals surface area contributed by atoms with Crippen molar-refractivity contribution < 1.29 is 66.2 Å². The molecular weight excluding hydrogens is 875 g/mol. The van der Waals surface area contributed by atoms with Gasteiger partial charge in [0, 0.05) is 11.1 Å². The van der Waals surface area contributed by atoms with Crippen LogP contribution in [-0.2, 0) is 71.8 Å². The van der Waals surface area contributed by atoms with Crippen molar-refractivity contribution in [3.63, 3.8) is 0 Å². The lowest BCUT2D eigenvalue weighted by Gasteiger charge is -2.49. The molecule has 0 radical (unpaired) electrons. The number of carbonyl (C=O) groups excluding carboxylic acids is 6. The smallest absolute Gasteiger partial charge is 0.413 e. The van der Waals surface area contributed by atoms with Crippen molar-refractivity contribution in [1.82, 2.24) is 15.2 Å². The molecule has 2 aromatic carbocycles. The van der Waals surface area contributed by atoms with Crippen LogP contribution in [0.15, 0.2) is 70.3 Å². The molecule has 0 saturated carbocycles. The summed E-state index contributed by atoms with van der Waals surface area (Å²) in [5, 5.41) is 9.12. The second-order valence-electron chi connectivity index (χ2n) is 15.6. The largest absolute Gasteiger partial charge is 0.497 e. The fraction of sp³-hybridized carbons (Fsp3) is 0.442. The molecule has 21 heteroatoms. The first-order chi connectivity index (χ1) is 30.4. The number of hydrogen-bond donors (Lipinski definition) is 2. The van der Waals surface area contributed by atoms with Gasteiger partial charge < -0.3 is 38.6 Å². The summed E-state index contributed by atoms with van der Waals surface area (Å²) in [5.74, 6) is -3.38. The van der Waals surface area contributed by atoms with Gasteiger partial charge in [-0.15, -0.1) is 11.3 Å². The number of rotatable bonds is 19. The zero-order chi connectivity index (χ0) is 46.7. The van der Waals surface area contributed by atoms with Crippen molar-refractivity contribution in [2.45, 2.75) is 103 Å². The Morgan fingerprint density at radius 3 is 2.12 bits per heavy atom. The fourth-order valence-electron chi connectivity index (χ4n) is 6.23. The van der Waals surface area contributed by atoms with Crippen molar-refractivity contribution >= 4 is 68.8 Å². The highest BCUT2D eigenvalue weighted by atomic mass is 32.2. The first kappa shape index (κ1) is 48.7. The molecule has 64 heavy (non-hydrogen) atoms. The van der Waals surface area contributed by atoms with Gasteiger partial charge in [0.1, 0.15) is 53.1 Å². The number of methoxy groups -OCH3 is 2. The van der Waals surface area contributed by atoms with Crippen LogP contribution in [0.2, 0.25) is 0 Å². The van der Waals surface area contributed by atoms with Crippen LogP contribution in [0.3, 0.4) is 0 Å². The lowest BCUT2D eigenvalue weighted by atomic mass is 10.0. The number of anilines is 1. The maximum Gasteiger partial charge on any atom is 0.413 e. The van der Waals surface area contributed by atoms with Crippen LogP contribution >= 0.6 is 11.3 Å². The minimum Gasteiger partial charge on any atom is -0.497 e. The van der Waals surface area contributed by atoms with Gasteiger partial charge in [0.05, 0.1) is 37.5 Å². The standard InChI is InChI=1S/C43H51N5O14S2/c1-9-10-27-23-64(55)38-34(37(51)48(38)35(27)40(53)59-21-26-13-17-29(57-8)18-14-26)45-36(50)33(30-22-63-41(44-30)46-42(54)61-43(4,5)6)47-62-31(19-32(49)60-24(2)3)39(52)58-20-25-11-15-28(56-7)16-12-25/h11-18,22,24,31,34,38H,9-10,19-21,23H2,1-8H3,(H,45,50)(H,44,46,54). The highest BCUT2D eigenvalue weighted by molar-refractivity contribution is 7.86. The summed E-state index contributed by atoms with van der Waals surface area (Å²) >= 11 is 0.885. The highest BCUT2D eigenvalue weighted by Crippen LogP contribution is 2.37. The van der Waals surface area contributed by atoms with Crippen molar-refractivity contribution in [3.05, 3.63) is 82.0 Å². The summed E-state index contributed by atoms with van der Waals surface area (Å²) in [4.78, 5) is 91.6. The predicted molar refractivity (Wildman–Crippen MR) is 232 cm³/mol. The second-order valence-corrected chi connectivity index (χ2v) is 18.0. The fourth-order valence-corrected chi connectivity index (χ4v) is 8.64. The van der Waals surface area contributed by atoms with E-state index in [0.29, 0.717) is 41.0 Å². The summed E-state index contributed by atoms with van der Waals surface area (Å²) in [7, 11) is 1.25. The number of hydrogen-bond acceptors (Lipinski definition) is 17. The van der Waals surface area contributed by atoms with Crippen LogP contribution in [-0.4, -0.2) is 105 Å². The molecule has 3 aromatic rings. The Balaban J connectivity index is 1.41. The summed E-state index contributed by atoms with van der Waals surface area (Å²) in [6.45, 7) is 9.74. The monoisotopic (exact) mass is 925 g/mol. The van der Waals surface area contributed by atoms with Crippen molar-refractivity contribution in [1.29, 1.82) is 0 Å². The molecule has 3 heterocycles. The first-order valence-electron chi connectivity index (χ1n) is 20.1. The zero-order valence-electron chi connectivity index (χ0n) is 36.6. The maximum absolute atomic E-state index is 14.2. The number of benzene rings is 2. The quantitative estimate of drug-likeness (QED) is 0.0535. The maximum atomic E-state index is 14.2. The SMILES string of the molecule is CCCC1=C(C(=O)OCc2ccc(OC)cc2)N2C(=O)C(NC(=O)C(=NOC(CC(=O)OC(C)C)C(=O)OCc3ccc(OC)cc3)c3csc(NC(=O)OC(C)(C)C)n3)C2S(=O)C1. The normalized spacial score (nSPS) is 17.6. The summed E-state index contributed by atoms with van der Waals surface area (Å²) in [5.41, 5.74) is 0.0256. The molecule has 1 saturated heterocycles. The van der Waals surface area contributed by atoms with E-state index in [1.165, 1.54) is 19.6 Å². The van der Waals surface area contributed by atoms with E-state index >= 15 is 0 Å². The number of amides is 3. The van der Waals surface area contributed by atoms with Gasteiger partial charge in [-0.25, -0.2) is 19.4 Å². The Morgan fingerprint density at radius 2 is 1.56 bits per heavy atom. The van der Waals surface area contributed by atoms with E-state index in [2.05, 4.69) is 20.8 Å². The van der Waals surface area contributed by atoms with Gasteiger partial charge in [-0.3, -0.25) is 28.8 Å². The van der Waals surface area contributed by atoms with Gasteiger partial charge >= 0.3 is 24.0 Å². The number of esters is 3. The summed E-state index contributed by atoms with van der Waals surface area (Å²) in [6.07, 6.45) is -2.87. The van der Waals surface area contributed by atoms with Crippen LogP contribution in [0.1, 0.15) is 77.6 Å². The van der Waals surface area contributed by atoms with Gasteiger partial charge in [-0.05, 0) is 82.0 Å². The number of carbonyl (C=O) groups is 6. The Hall–Kier alpha value is -6.35. The van der Waals surface area contributed by atoms with Crippen LogP contribution in [0.5, 0.6) is 11.5 Å². The topological polar surface area (TPSA) is 237 Å². The Morgan fingerprint density at radius 1 is 0.953 bits per heavy atom. The molecule has 4 unspecified atom stereocenters. The number of aromatic nitrogens is 1. The average Bonchev–Trinajstić information content (AvgIpc) is 3.70. The van der Waals surface area contributed by atoms with E-state index in [9.17, 15) is 33.0 Å². The van der Waals surface area contributed by atoms with Crippen LogP contribution < -0.4 is 20.1 Å². The molecule has 1 fully saturated rings. The van der Waals surface area contributed by atoms with E-state index < -0.39 is 88.0 Å². The zero-order valence-corrected chi connectivity index (χ0v) is 38.3. The van der Waals surface area contributed by atoms with Crippen LogP contribution in [0, 0.1) is 0 Å². The van der Waals surface area contributed by atoms with Crippen LogP contribution in [0.4, 0.5) is 9.93 Å². The molecule has 2 aliphatic rings. The predicted octanol–water partition coefficient (Wildman–Crippen LogP) is 4.89. The molecule has 3 amide bonds. The van der Waals surface area contributed by atoms with Gasteiger partial charge in [-0.2, -0.15) is 0 Å². The molecular formula is C43H51N5O14S2. The number of fused-ring (bicyclic) bond motifs is 1. The summed E-state index contributed by atoms with van der Waals surface area (Å²) in [6, 6.07) is 12.1. The number of thiazole rings is 1. The minimum atomic E-state index is -1.78. The molecule has 0 aliphatic carbocycles. The number of nitrogens with zero attached hydrogens (tertiary/aromatic N) is 3. The molecule has 2 aliphatic heterocycles. The molecule has 2 N–H and O–H groups in total.